The van der Waals surface area contributed by atoms with Crippen LogP contribution in [0.2, 0.25) is 5.02 Å². The van der Waals surface area contributed by atoms with E-state index in [4.69, 9.17) is 11.6 Å². The Morgan fingerprint density at radius 3 is 2.10 bits per heavy atom. The number of hydrogen-bond donors (Lipinski definition) is 1. The van der Waals surface area contributed by atoms with Crippen molar-refractivity contribution in [3.63, 3.8) is 0 Å². The molecule has 1 saturated heterocycles. The van der Waals surface area contributed by atoms with E-state index >= 15 is 0 Å². The summed E-state index contributed by atoms with van der Waals surface area (Å²) in [5, 5.41) is 4.79. The lowest BCUT2D eigenvalue weighted by atomic mass is 9.47. The van der Waals surface area contributed by atoms with Crippen molar-refractivity contribution in [1.29, 1.82) is 0 Å². The molecule has 1 heterocycles. The number of halogens is 1. The minimum absolute atomic E-state index is 0.279. The highest BCUT2D eigenvalue weighted by molar-refractivity contribution is 6.36. The minimum atomic E-state index is -1.07. The van der Waals surface area contributed by atoms with Crippen LogP contribution in [-0.4, -0.2) is 23.9 Å². The molecular formula is C33H24ClN3O3. The molecule has 3 amide bonds. The van der Waals surface area contributed by atoms with Gasteiger partial charge in [0.2, 0.25) is 11.8 Å². The van der Waals surface area contributed by atoms with Gasteiger partial charge in [-0.15, -0.1) is 0 Å². The minimum Gasteiger partial charge on any atom is -0.274 e. The molecule has 2 bridgehead atoms. The van der Waals surface area contributed by atoms with E-state index in [1.807, 2.05) is 67.6 Å². The fraction of sp³-hybridized carbons (Fsp3) is 0.152. The van der Waals surface area contributed by atoms with E-state index in [0.717, 1.165) is 27.8 Å². The maximum atomic E-state index is 14.4. The number of para-hydroxylation sites is 1. The number of hydrogen-bond acceptors (Lipinski definition) is 4. The van der Waals surface area contributed by atoms with E-state index in [-0.39, 0.29) is 23.6 Å². The van der Waals surface area contributed by atoms with Gasteiger partial charge in [0.05, 0.1) is 28.0 Å². The van der Waals surface area contributed by atoms with Crippen LogP contribution in [0.25, 0.3) is 0 Å². The van der Waals surface area contributed by atoms with Gasteiger partial charge in [0, 0.05) is 17.7 Å². The van der Waals surface area contributed by atoms with Gasteiger partial charge >= 0.3 is 0 Å². The lowest BCUT2D eigenvalue weighted by Crippen LogP contribution is -2.54. The summed E-state index contributed by atoms with van der Waals surface area (Å²) in [6, 6.07) is 29.9. The highest BCUT2D eigenvalue weighted by Crippen LogP contribution is 2.63. The van der Waals surface area contributed by atoms with Gasteiger partial charge in [-0.25, -0.2) is 10.3 Å². The van der Waals surface area contributed by atoms with Crippen LogP contribution in [0.4, 0.5) is 5.69 Å². The quantitative estimate of drug-likeness (QED) is 0.205. The van der Waals surface area contributed by atoms with Crippen molar-refractivity contribution in [2.45, 2.75) is 18.3 Å². The predicted octanol–water partition coefficient (Wildman–Crippen LogP) is 5.62. The molecule has 4 aliphatic rings. The smallest absolute Gasteiger partial charge is 0.271 e. The molecule has 6 nitrogen and oxygen atoms in total. The van der Waals surface area contributed by atoms with Crippen molar-refractivity contribution in [3.8, 4) is 0 Å². The average Bonchev–Trinajstić information content (AvgIpc) is 3.24. The second-order valence-corrected chi connectivity index (χ2v) is 11.0. The fourth-order valence-electron chi connectivity index (χ4n) is 6.88. The van der Waals surface area contributed by atoms with Crippen molar-refractivity contribution in [3.05, 3.63) is 135 Å². The van der Waals surface area contributed by atoms with Crippen molar-refractivity contribution in [2.24, 2.45) is 16.9 Å². The fourth-order valence-corrected chi connectivity index (χ4v) is 7.10. The zero-order chi connectivity index (χ0) is 27.6. The third kappa shape index (κ3) is 3.29. The largest absolute Gasteiger partial charge is 0.274 e. The normalized spacial score (nSPS) is 24.1. The molecule has 4 aromatic carbocycles. The number of carbonyl (C=O) groups is 3. The highest BCUT2D eigenvalue weighted by Gasteiger charge is 2.68. The summed E-state index contributed by atoms with van der Waals surface area (Å²) in [5.74, 6) is -2.66. The van der Waals surface area contributed by atoms with Crippen LogP contribution in [0.15, 0.2) is 102 Å². The molecule has 0 saturated carbocycles. The van der Waals surface area contributed by atoms with Gasteiger partial charge < -0.3 is 0 Å². The van der Waals surface area contributed by atoms with Gasteiger partial charge in [-0.3, -0.25) is 14.4 Å². The first kappa shape index (κ1) is 24.5. The maximum Gasteiger partial charge on any atom is 0.271 e. The Labute approximate surface area is 236 Å². The first-order valence-electron chi connectivity index (χ1n) is 13.2. The SMILES string of the molecule is Cc1ccc(C(=O)N/N=C\C23c4ccccc4C(c4ccccc42)[C@@H]2C(=O)N(c4ccccc4Cl)C(=O)[C@H]23)cc1. The van der Waals surface area contributed by atoms with Gasteiger partial charge in [0.25, 0.3) is 5.91 Å². The van der Waals surface area contributed by atoms with Crippen LogP contribution in [0.1, 0.15) is 44.1 Å². The van der Waals surface area contributed by atoms with Gasteiger partial charge in [-0.1, -0.05) is 90.0 Å². The summed E-state index contributed by atoms with van der Waals surface area (Å²) >= 11 is 6.50. The number of benzene rings is 4. The Morgan fingerprint density at radius 1 is 0.850 bits per heavy atom. The second kappa shape index (κ2) is 9.00. The number of imide groups is 1. The first-order chi connectivity index (χ1) is 19.4. The van der Waals surface area contributed by atoms with Crippen LogP contribution in [0.5, 0.6) is 0 Å². The van der Waals surface area contributed by atoms with E-state index in [9.17, 15) is 14.4 Å². The summed E-state index contributed by atoms with van der Waals surface area (Å²) in [6.45, 7) is 1.95. The zero-order valence-corrected chi connectivity index (χ0v) is 22.3. The van der Waals surface area contributed by atoms with Crippen LogP contribution in [-0.2, 0) is 15.0 Å². The number of hydrazone groups is 1. The average molecular weight is 546 g/mol. The van der Waals surface area contributed by atoms with Crippen LogP contribution < -0.4 is 10.3 Å². The molecule has 40 heavy (non-hydrogen) atoms. The molecule has 4 aromatic rings. The van der Waals surface area contributed by atoms with Crippen LogP contribution >= 0.6 is 11.6 Å². The molecule has 0 radical (unpaired) electrons. The van der Waals surface area contributed by atoms with E-state index in [0.29, 0.717) is 16.3 Å². The van der Waals surface area contributed by atoms with Gasteiger partial charge in [-0.2, -0.15) is 5.10 Å². The molecule has 1 N–H and O–H groups in total. The molecule has 0 spiro atoms. The van der Waals surface area contributed by atoms with Gasteiger partial charge in [0.1, 0.15) is 0 Å². The van der Waals surface area contributed by atoms with Gasteiger partial charge in [0.15, 0.2) is 0 Å². The third-order valence-electron chi connectivity index (χ3n) is 8.53. The molecule has 3 aliphatic carbocycles. The van der Waals surface area contributed by atoms with Gasteiger partial charge in [-0.05, 0) is 53.4 Å². The van der Waals surface area contributed by atoms with E-state index < -0.39 is 17.3 Å². The monoisotopic (exact) mass is 545 g/mol. The molecular weight excluding hydrogens is 522 g/mol. The molecule has 7 heteroatoms. The lowest BCUT2D eigenvalue weighted by molar-refractivity contribution is -0.122. The molecule has 0 unspecified atom stereocenters. The van der Waals surface area contributed by atoms with Crippen LogP contribution in [0, 0.1) is 18.8 Å². The highest BCUT2D eigenvalue weighted by atomic mass is 35.5. The second-order valence-electron chi connectivity index (χ2n) is 10.6. The van der Waals surface area contributed by atoms with Crippen molar-refractivity contribution >= 4 is 41.2 Å². The molecule has 196 valence electrons. The van der Waals surface area contributed by atoms with Crippen molar-refractivity contribution in [2.75, 3.05) is 4.90 Å². The number of anilines is 1. The van der Waals surface area contributed by atoms with E-state index in [2.05, 4.69) is 10.5 Å². The van der Waals surface area contributed by atoms with Crippen LogP contribution in [0.3, 0.4) is 0 Å². The Kier molecular flexibility index (Phi) is 5.51. The summed E-state index contributed by atoms with van der Waals surface area (Å²) in [5.41, 5.74) is 7.28. The third-order valence-corrected chi connectivity index (χ3v) is 8.84. The predicted molar refractivity (Wildman–Crippen MR) is 154 cm³/mol. The number of amides is 3. The topological polar surface area (TPSA) is 78.8 Å². The Bertz CT molecular complexity index is 1700. The summed E-state index contributed by atoms with van der Waals surface area (Å²) < 4.78 is 0. The van der Waals surface area contributed by atoms with Crippen molar-refractivity contribution < 1.29 is 14.4 Å². The summed E-state index contributed by atoms with van der Waals surface area (Å²) in [7, 11) is 0. The zero-order valence-electron chi connectivity index (χ0n) is 21.5. The molecule has 8 rings (SSSR count). The maximum absolute atomic E-state index is 14.4. The number of carbonyl (C=O) groups excluding carboxylic acids is 3. The van der Waals surface area contributed by atoms with E-state index in [1.54, 1.807) is 42.6 Å². The standard InChI is InChI=1S/C33H24ClN3O3/c1-19-14-16-20(17-15-19)30(38)36-35-18-33-23-10-4-2-8-21(23)27(22-9-3-5-11-24(22)33)28-29(33)32(40)37(31(28)39)26-13-7-6-12-25(26)34/h2-18,27-29H,1H3,(H,36,38)/b35-18-/t27?,28-,29-,33?/m0/s1. The Balaban J connectivity index is 1.41. The number of rotatable bonds is 4. The number of nitrogens with one attached hydrogen (secondary N) is 1. The molecule has 2 atom stereocenters. The molecule has 1 fully saturated rings. The Morgan fingerprint density at radius 2 is 1.45 bits per heavy atom. The first-order valence-corrected chi connectivity index (χ1v) is 13.5. The molecule has 0 aromatic heterocycles. The summed E-state index contributed by atoms with van der Waals surface area (Å²) in [4.78, 5) is 42.7. The number of nitrogens with zero attached hydrogens (tertiary/aromatic N) is 2. The summed E-state index contributed by atoms with van der Waals surface area (Å²) in [6.07, 6.45) is 1.66. The van der Waals surface area contributed by atoms with Crippen molar-refractivity contribution in [1.82, 2.24) is 5.43 Å². The lowest BCUT2D eigenvalue weighted by Gasteiger charge is -2.52. The number of aryl methyl sites for hydroxylation is 1. The Hall–Kier alpha value is -4.55. The van der Waals surface area contributed by atoms with E-state index in [1.165, 1.54) is 4.90 Å². The molecule has 1 aliphatic heterocycles.